The predicted octanol–water partition coefficient (Wildman–Crippen LogP) is 6.32. The molecule has 2 aromatic heterocycles. The molecule has 0 spiro atoms. The number of halogens is 4. The number of alkyl halides is 3. The van der Waals surface area contributed by atoms with Crippen LogP contribution in [-0.4, -0.2) is 39.9 Å². The Bertz CT molecular complexity index is 2220. The van der Waals surface area contributed by atoms with Gasteiger partial charge >= 0.3 is 12.1 Å². The summed E-state index contributed by atoms with van der Waals surface area (Å²) in [6.45, 7) is 3.30. The highest BCUT2D eigenvalue weighted by Gasteiger charge is 2.31. The molecule has 2 heterocycles. The second-order valence-corrected chi connectivity index (χ2v) is 13.7. The number of fused-ring (bicyclic) bond motifs is 2. The average molecular weight is 698 g/mol. The van der Waals surface area contributed by atoms with Gasteiger partial charge in [-0.3, -0.25) is 9.52 Å². The Balaban J connectivity index is 0.000000284. The number of aryl methyl sites for hydroxylation is 2. The normalized spacial score (nSPS) is 11.8. The summed E-state index contributed by atoms with van der Waals surface area (Å²) in [5, 5.41) is 0. The van der Waals surface area contributed by atoms with Gasteiger partial charge < -0.3 is 13.6 Å². The van der Waals surface area contributed by atoms with Crippen molar-refractivity contribution in [2.45, 2.75) is 42.7 Å². The molecule has 0 unspecified atom stereocenters. The van der Waals surface area contributed by atoms with Crippen LogP contribution in [0.3, 0.4) is 0 Å². The standard InChI is InChI=1S/C21H17F3N2O5S.C8H6ClNO3S/c1-13-25-18-10-8-16(12-19(18)31-13)32(28,29)26-17-9-7-15(21(22,23)24)11-14(17)5-3-4-6-20(27)30-2;1-5-10-7-3-2-6(14(9,11)12)4-8(7)13-5/h7-12,26H,4,6H2,1-2H3;2-4H,1H3. The lowest BCUT2D eigenvalue weighted by Gasteiger charge is -2.13. The fraction of sp³-hybridized carbons (Fsp3) is 0.207. The molecule has 5 aromatic rings. The number of aromatic nitrogens is 2. The number of carbonyl (C=O) groups is 1. The monoisotopic (exact) mass is 697 g/mol. The van der Waals surface area contributed by atoms with Gasteiger partial charge in [-0.05, 0) is 42.5 Å². The number of oxazole rings is 2. The van der Waals surface area contributed by atoms with Crippen LogP contribution in [0.25, 0.3) is 22.2 Å². The van der Waals surface area contributed by atoms with Crippen molar-refractivity contribution < 1.29 is 48.4 Å². The summed E-state index contributed by atoms with van der Waals surface area (Å²) < 4.78 is 104. The second-order valence-electron chi connectivity index (χ2n) is 9.40. The molecule has 0 radical (unpaired) electrons. The highest BCUT2D eigenvalue weighted by Crippen LogP contribution is 2.32. The number of esters is 1. The summed E-state index contributed by atoms with van der Waals surface area (Å²) in [6.07, 6.45) is -4.67. The van der Waals surface area contributed by atoms with Crippen LogP contribution in [0.5, 0.6) is 0 Å². The van der Waals surface area contributed by atoms with E-state index in [-0.39, 0.29) is 39.5 Å². The Morgan fingerprint density at radius 2 is 1.48 bits per heavy atom. The van der Waals surface area contributed by atoms with Crippen LogP contribution < -0.4 is 4.72 Å². The number of hydrogen-bond acceptors (Lipinski definition) is 10. The molecule has 11 nitrogen and oxygen atoms in total. The minimum Gasteiger partial charge on any atom is -0.469 e. The zero-order valence-electron chi connectivity index (χ0n) is 24.1. The van der Waals surface area contributed by atoms with E-state index in [2.05, 4.69) is 31.3 Å². The quantitative estimate of drug-likeness (QED) is 0.121. The van der Waals surface area contributed by atoms with Gasteiger partial charge in [-0.2, -0.15) is 13.2 Å². The number of anilines is 1. The van der Waals surface area contributed by atoms with Gasteiger partial charge in [-0.25, -0.2) is 26.8 Å². The van der Waals surface area contributed by atoms with Gasteiger partial charge in [-0.1, -0.05) is 11.8 Å². The molecule has 242 valence electrons. The van der Waals surface area contributed by atoms with Crippen molar-refractivity contribution >= 4 is 63.6 Å². The third kappa shape index (κ3) is 8.56. The molecule has 1 N–H and O–H groups in total. The molecule has 5 rings (SSSR count). The van der Waals surface area contributed by atoms with Gasteiger partial charge in [-0.15, -0.1) is 0 Å². The van der Waals surface area contributed by atoms with E-state index in [1.165, 1.54) is 37.4 Å². The molecule has 0 saturated heterocycles. The number of methoxy groups -OCH3 is 1. The van der Waals surface area contributed by atoms with Crippen LogP contribution in [0.1, 0.15) is 35.7 Å². The van der Waals surface area contributed by atoms with E-state index in [0.717, 1.165) is 18.2 Å². The molecule has 0 aliphatic rings. The zero-order valence-corrected chi connectivity index (χ0v) is 26.5. The topological polar surface area (TPSA) is 159 Å². The third-order valence-electron chi connectivity index (χ3n) is 6.02. The van der Waals surface area contributed by atoms with Crippen molar-refractivity contribution in [3.63, 3.8) is 0 Å². The molecule has 0 atom stereocenters. The van der Waals surface area contributed by atoms with Crippen LogP contribution in [0, 0.1) is 25.7 Å². The highest BCUT2D eigenvalue weighted by molar-refractivity contribution is 8.13. The molecule has 0 aliphatic carbocycles. The Hall–Kier alpha value is -4.59. The molecule has 0 bridgehead atoms. The van der Waals surface area contributed by atoms with Gasteiger partial charge in [0.05, 0.1) is 34.6 Å². The Morgan fingerprint density at radius 3 is 2.02 bits per heavy atom. The molecule has 3 aromatic carbocycles. The number of nitrogens with zero attached hydrogens (tertiary/aromatic N) is 2. The molecule has 0 amide bonds. The lowest BCUT2D eigenvalue weighted by atomic mass is 10.1. The number of sulfonamides is 1. The Morgan fingerprint density at radius 1 is 0.913 bits per heavy atom. The maximum atomic E-state index is 13.1. The summed E-state index contributed by atoms with van der Waals surface area (Å²) in [7, 11) is -1.50. The second kappa shape index (κ2) is 13.4. The number of hydrogen-bond donors (Lipinski definition) is 1. The van der Waals surface area contributed by atoms with E-state index >= 15 is 0 Å². The maximum absolute atomic E-state index is 13.1. The molecule has 0 saturated carbocycles. The van der Waals surface area contributed by atoms with Gasteiger partial charge in [0.25, 0.3) is 19.1 Å². The fourth-order valence-electron chi connectivity index (χ4n) is 3.90. The maximum Gasteiger partial charge on any atom is 0.416 e. The van der Waals surface area contributed by atoms with Crippen LogP contribution in [0.15, 0.2) is 73.2 Å². The summed E-state index contributed by atoms with van der Waals surface area (Å²) >= 11 is 0. The summed E-state index contributed by atoms with van der Waals surface area (Å²) in [5.41, 5.74) is 0.433. The first kappa shape index (κ1) is 34.3. The van der Waals surface area contributed by atoms with Crippen LogP contribution in [0.2, 0.25) is 0 Å². The first-order valence-corrected chi connectivity index (χ1v) is 16.7. The highest BCUT2D eigenvalue weighted by atomic mass is 35.7. The van der Waals surface area contributed by atoms with Crippen molar-refractivity contribution in [1.29, 1.82) is 0 Å². The Kier molecular flexibility index (Phi) is 10.00. The van der Waals surface area contributed by atoms with Gasteiger partial charge in [0.2, 0.25) is 0 Å². The lowest BCUT2D eigenvalue weighted by Crippen LogP contribution is -2.14. The first-order chi connectivity index (χ1) is 21.5. The largest absolute Gasteiger partial charge is 0.469 e. The zero-order chi connectivity index (χ0) is 33.9. The fourth-order valence-corrected chi connectivity index (χ4v) is 5.76. The molecule has 0 fully saturated rings. The van der Waals surface area contributed by atoms with Crippen molar-refractivity contribution in [2.75, 3.05) is 11.8 Å². The average Bonchev–Trinajstić information content (AvgIpc) is 3.54. The molecule has 17 heteroatoms. The van der Waals surface area contributed by atoms with E-state index < -0.39 is 36.8 Å². The van der Waals surface area contributed by atoms with Crippen molar-refractivity contribution in [3.8, 4) is 11.8 Å². The molecular weight excluding hydrogens is 675 g/mol. The SMILES string of the molecule is COC(=O)CCC#Cc1cc(C(F)(F)F)ccc1NS(=O)(=O)c1ccc2nc(C)oc2c1.Cc1nc2ccc(S(=O)(=O)Cl)cc2o1. The van der Waals surface area contributed by atoms with E-state index in [0.29, 0.717) is 28.4 Å². The number of ether oxygens (including phenoxy) is 1. The summed E-state index contributed by atoms with van der Waals surface area (Å²) in [6, 6.07) is 10.8. The summed E-state index contributed by atoms with van der Waals surface area (Å²) in [5.74, 6) is 5.38. The lowest BCUT2D eigenvalue weighted by molar-refractivity contribution is -0.140. The van der Waals surface area contributed by atoms with Crippen LogP contribution in [0.4, 0.5) is 18.9 Å². The minimum absolute atomic E-state index is 0.0165. The van der Waals surface area contributed by atoms with Crippen molar-refractivity contribution in [2.24, 2.45) is 0 Å². The predicted molar refractivity (Wildman–Crippen MR) is 161 cm³/mol. The van der Waals surface area contributed by atoms with Crippen molar-refractivity contribution in [1.82, 2.24) is 9.97 Å². The Labute approximate surface area is 265 Å². The van der Waals surface area contributed by atoms with Gasteiger partial charge in [0.15, 0.2) is 22.9 Å². The smallest absolute Gasteiger partial charge is 0.416 e. The van der Waals surface area contributed by atoms with Crippen LogP contribution >= 0.6 is 10.7 Å². The van der Waals surface area contributed by atoms with Crippen LogP contribution in [-0.2, 0) is 34.8 Å². The van der Waals surface area contributed by atoms with Gasteiger partial charge in [0.1, 0.15) is 11.0 Å². The molecular formula is C29H23ClF3N3O8S2. The minimum atomic E-state index is -4.64. The van der Waals surface area contributed by atoms with Gasteiger partial charge in [0, 0.05) is 48.6 Å². The summed E-state index contributed by atoms with van der Waals surface area (Å²) in [4.78, 5) is 19.1. The van der Waals surface area contributed by atoms with Crippen molar-refractivity contribution in [3.05, 3.63) is 77.5 Å². The van der Waals surface area contributed by atoms with E-state index in [1.54, 1.807) is 19.9 Å². The number of benzene rings is 3. The van der Waals surface area contributed by atoms with E-state index in [4.69, 9.17) is 19.5 Å². The molecule has 46 heavy (non-hydrogen) atoms. The van der Waals surface area contributed by atoms with E-state index in [9.17, 15) is 34.8 Å². The number of rotatable bonds is 6. The first-order valence-electron chi connectivity index (χ1n) is 12.9. The number of nitrogens with one attached hydrogen (secondary N) is 1. The molecule has 0 aliphatic heterocycles. The third-order valence-corrected chi connectivity index (χ3v) is 8.74. The number of carbonyl (C=O) groups excluding carboxylic acids is 1. The van der Waals surface area contributed by atoms with E-state index in [1.807, 2.05) is 0 Å².